The third-order valence-electron chi connectivity index (χ3n) is 4.60. The molecular weight excluding hydrogens is 318 g/mol. The van der Waals surface area contributed by atoms with Gasteiger partial charge in [-0.25, -0.2) is 4.98 Å². The zero-order valence-electron chi connectivity index (χ0n) is 14.8. The first-order valence-corrected chi connectivity index (χ1v) is 8.86. The quantitative estimate of drug-likeness (QED) is 0.544. The van der Waals surface area contributed by atoms with Crippen molar-refractivity contribution in [3.63, 3.8) is 0 Å². The fourth-order valence-electron chi connectivity index (χ4n) is 3.24. The van der Waals surface area contributed by atoms with E-state index < -0.39 is 0 Å². The first-order chi connectivity index (χ1) is 12.8. The summed E-state index contributed by atoms with van der Waals surface area (Å²) in [5.74, 6) is 0.493. The predicted molar refractivity (Wildman–Crippen MR) is 108 cm³/mol. The molecule has 0 aliphatic heterocycles. The van der Waals surface area contributed by atoms with Crippen LogP contribution in [0.3, 0.4) is 0 Å². The zero-order chi connectivity index (χ0) is 17.9. The molecular formula is C23H21N3. The van der Waals surface area contributed by atoms with E-state index in [2.05, 4.69) is 55.5 Å². The van der Waals surface area contributed by atoms with Crippen molar-refractivity contribution in [1.82, 2.24) is 9.55 Å². The Balaban J connectivity index is 1.97. The Morgan fingerprint density at radius 1 is 0.769 bits per heavy atom. The van der Waals surface area contributed by atoms with Gasteiger partial charge in [-0.15, -0.1) is 0 Å². The van der Waals surface area contributed by atoms with Crippen molar-refractivity contribution in [2.75, 3.05) is 5.73 Å². The molecule has 3 aromatic carbocycles. The number of anilines is 1. The number of hydrogen-bond acceptors (Lipinski definition) is 2. The summed E-state index contributed by atoms with van der Waals surface area (Å²) in [6.07, 6.45) is 1.01. The third kappa shape index (κ3) is 2.88. The second-order valence-corrected chi connectivity index (χ2v) is 6.25. The maximum absolute atomic E-state index is 6.37. The van der Waals surface area contributed by atoms with Crippen LogP contribution in [0, 0.1) is 0 Å². The largest absolute Gasteiger partial charge is 0.369 e. The van der Waals surface area contributed by atoms with Gasteiger partial charge in [-0.05, 0) is 24.1 Å². The molecule has 0 saturated heterocycles. The van der Waals surface area contributed by atoms with Gasteiger partial charge in [0.2, 0.25) is 5.95 Å². The zero-order valence-corrected chi connectivity index (χ0v) is 14.8. The van der Waals surface area contributed by atoms with E-state index in [-0.39, 0.29) is 0 Å². The Hall–Kier alpha value is -3.33. The lowest BCUT2D eigenvalue weighted by Gasteiger charge is -2.12. The predicted octanol–water partition coefficient (Wildman–Crippen LogP) is 5.35. The minimum Gasteiger partial charge on any atom is -0.369 e. The Morgan fingerprint density at radius 2 is 1.35 bits per heavy atom. The molecule has 0 spiro atoms. The van der Waals surface area contributed by atoms with Crippen LogP contribution in [0.15, 0.2) is 84.9 Å². The van der Waals surface area contributed by atoms with Crippen LogP contribution in [-0.2, 0) is 6.42 Å². The minimum atomic E-state index is 0.493. The Kier molecular flexibility index (Phi) is 4.28. The van der Waals surface area contributed by atoms with Gasteiger partial charge >= 0.3 is 0 Å². The van der Waals surface area contributed by atoms with Gasteiger partial charge in [-0.3, -0.25) is 4.57 Å². The van der Waals surface area contributed by atoms with Crippen LogP contribution in [0.25, 0.3) is 28.2 Å². The fourth-order valence-corrected chi connectivity index (χ4v) is 3.24. The smallest absolute Gasteiger partial charge is 0.205 e. The van der Waals surface area contributed by atoms with E-state index >= 15 is 0 Å². The van der Waals surface area contributed by atoms with E-state index in [9.17, 15) is 0 Å². The molecule has 0 saturated carbocycles. The van der Waals surface area contributed by atoms with Gasteiger partial charge in [0.1, 0.15) is 0 Å². The van der Waals surface area contributed by atoms with E-state index in [4.69, 9.17) is 10.7 Å². The van der Waals surface area contributed by atoms with Crippen LogP contribution in [0.4, 0.5) is 5.95 Å². The molecule has 0 atom stereocenters. The summed E-state index contributed by atoms with van der Waals surface area (Å²) in [4.78, 5) is 4.72. The van der Waals surface area contributed by atoms with Gasteiger partial charge in [0.05, 0.1) is 11.4 Å². The molecule has 0 unspecified atom stereocenters. The summed E-state index contributed by atoms with van der Waals surface area (Å²) in [5.41, 5.74) is 12.8. The summed E-state index contributed by atoms with van der Waals surface area (Å²) in [7, 11) is 0. The van der Waals surface area contributed by atoms with E-state index in [0.717, 1.165) is 34.6 Å². The van der Waals surface area contributed by atoms with E-state index in [1.165, 1.54) is 5.56 Å². The average molecular weight is 339 g/mol. The van der Waals surface area contributed by atoms with Gasteiger partial charge in [0.15, 0.2) is 0 Å². The number of aryl methyl sites for hydroxylation is 1. The van der Waals surface area contributed by atoms with Crippen LogP contribution in [0.2, 0.25) is 0 Å². The standard InChI is InChI=1S/C23H21N3/c1-2-17-13-15-20(16-14-17)26-22(19-11-7-4-8-12-19)21(25-23(26)24)18-9-5-3-6-10-18/h3-16H,2H2,1H3,(H2,24,25). The van der Waals surface area contributed by atoms with Gasteiger partial charge < -0.3 is 5.73 Å². The number of rotatable bonds is 4. The maximum Gasteiger partial charge on any atom is 0.205 e. The molecule has 0 bridgehead atoms. The molecule has 0 fully saturated rings. The first kappa shape index (κ1) is 16.2. The molecule has 0 aliphatic rings. The summed E-state index contributed by atoms with van der Waals surface area (Å²) < 4.78 is 2.04. The highest BCUT2D eigenvalue weighted by Crippen LogP contribution is 2.35. The molecule has 3 nitrogen and oxygen atoms in total. The van der Waals surface area contributed by atoms with Crippen LogP contribution >= 0.6 is 0 Å². The van der Waals surface area contributed by atoms with Gasteiger partial charge in [-0.2, -0.15) is 0 Å². The third-order valence-corrected chi connectivity index (χ3v) is 4.60. The molecule has 2 N–H and O–H groups in total. The lowest BCUT2D eigenvalue weighted by Crippen LogP contribution is -2.02. The first-order valence-electron chi connectivity index (χ1n) is 8.86. The second-order valence-electron chi connectivity index (χ2n) is 6.25. The van der Waals surface area contributed by atoms with Gasteiger partial charge in [-0.1, -0.05) is 79.7 Å². The van der Waals surface area contributed by atoms with Crippen molar-refractivity contribution in [2.24, 2.45) is 0 Å². The molecule has 1 aromatic heterocycles. The van der Waals surface area contributed by atoms with Crippen LogP contribution < -0.4 is 5.73 Å². The van der Waals surface area contributed by atoms with Crippen molar-refractivity contribution < 1.29 is 0 Å². The van der Waals surface area contributed by atoms with Crippen LogP contribution in [-0.4, -0.2) is 9.55 Å². The summed E-state index contributed by atoms with van der Waals surface area (Å²) >= 11 is 0. The van der Waals surface area contributed by atoms with Crippen LogP contribution in [0.1, 0.15) is 12.5 Å². The Morgan fingerprint density at radius 3 is 1.92 bits per heavy atom. The number of hydrogen-bond donors (Lipinski definition) is 1. The molecule has 0 radical (unpaired) electrons. The van der Waals surface area contributed by atoms with Crippen molar-refractivity contribution >= 4 is 5.95 Å². The van der Waals surface area contributed by atoms with Gasteiger partial charge in [0, 0.05) is 16.8 Å². The monoisotopic (exact) mass is 339 g/mol. The van der Waals surface area contributed by atoms with Crippen LogP contribution in [0.5, 0.6) is 0 Å². The molecule has 4 rings (SSSR count). The highest BCUT2D eigenvalue weighted by molar-refractivity contribution is 5.82. The highest BCUT2D eigenvalue weighted by Gasteiger charge is 2.19. The van der Waals surface area contributed by atoms with E-state index in [1.807, 2.05) is 41.0 Å². The fraction of sp³-hybridized carbons (Fsp3) is 0.0870. The summed E-state index contributed by atoms with van der Waals surface area (Å²) in [6.45, 7) is 2.16. The lowest BCUT2D eigenvalue weighted by molar-refractivity contribution is 1.07. The topological polar surface area (TPSA) is 43.8 Å². The molecule has 3 heteroatoms. The van der Waals surface area contributed by atoms with Crippen molar-refractivity contribution in [2.45, 2.75) is 13.3 Å². The number of benzene rings is 3. The Labute approximate surface area is 153 Å². The number of nitrogens with zero attached hydrogens (tertiary/aromatic N) is 2. The number of imidazole rings is 1. The molecule has 26 heavy (non-hydrogen) atoms. The Bertz CT molecular complexity index is 1000. The molecule has 128 valence electrons. The van der Waals surface area contributed by atoms with E-state index in [1.54, 1.807) is 0 Å². The van der Waals surface area contributed by atoms with E-state index in [0.29, 0.717) is 5.95 Å². The number of nitrogen functional groups attached to an aromatic ring is 1. The SMILES string of the molecule is CCc1ccc(-n2c(N)nc(-c3ccccc3)c2-c2ccccc2)cc1. The molecule has 4 aromatic rings. The minimum absolute atomic E-state index is 0.493. The van der Waals surface area contributed by atoms with Crippen molar-refractivity contribution in [1.29, 1.82) is 0 Å². The molecule has 1 heterocycles. The number of nitrogens with two attached hydrogens (primary N) is 1. The molecule has 0 amide bonds. The second kappa shape index (κ2) is 6.89. The van der Waals surface area contributed by atoms with Crippen molar-refractivity contribution in [3.8, 4) is 28.2 Å². The molecule has 0 aliphatic carbocycles. The van der Waals surface area contributed by atoms with Gasteiger partial charge in [0.25, 0.3) is 0 Å². The lowest BCUT2D eigenvalue weighted by atomic mass is 10.0. The normalized spacial score (nSPS) is 10.8. The maximum atomic E-state index is 6.37. The summed E-state index contributed by atoms with van der Waals surface area (Å²) in [6, 6.07) is 29.0. The summed E-state index contributed by atoms with van der Waals surface area (Å²) in [5, 5.41) is 0. The van der Waals surface area contributed by atoms with Crippen molar-refractivity contribution in [3.05, 3.63) is 90.5 Å². The highest BCUT2D eigenvalue weighted by atomic mass is 15.2. The number of aromatic nitrogens is 2. The average Bonchev–Trinajstić information content (AvgIpc) is 3.06.